The predicted molar refractivity (Wildman–Crippen MR) is 111 cm³/mol. The first-order valence-corrected chi connectivity index (χ1v) is 11.4. The molecular formula is C19H23BrN4O4S. The van der Waals surface area contributed by atoms with E-state index in [0.29, 0.717) is 31.9 Å². The van der Waals surface area contributed by atoms with E-state index in [4.69, 9.17) is 19.9 Å². The third kappa shape index (κ3) is 5.04. The number of aryl methyl sites for hydroxylation is 1. The molecule has 1 amide bonds. The first-order valence-electron chi connectivity index (χ1n) is 9.63. The number of carbonyl (C=O) groups excluding carboxylic acids is 1. The second kappa shape index (κ2) is 9.36. The zero-order valence-corrected chi connectivity index (χ0v) is 18.3. The van der Waals surface area contributed by atoms with Crippen molar-refractivity contribution >= 4 is 33.6 Å². The molecule has 29 heavy (non-hydrogen) atoms. The zero-order valence-electron chi connectivity index (χ0n) is 15.9. The molecule has 2 aromatic rings. The van der Waals surface area contributed by atoms with Crippen LogP contribution in [0.25, 0.3) is 0 Å². The number of hydrogen-bond acceptors (Lipinski definition) is 7. The van der Waals surface area contributed by atoms with E-state index in [-0.39, 0.29) is 18.4 Å². The van der Waals surface area contributed by atoms with Crippen molar-refractivity contribution in [3.8, 4) is 11.5 Å². The Kier molecular flexibility index (Phi) is 6.61. The SMILES string of the molecule is NC(=O)CCc1nnc(SCc2cc3c(cc2Br)OCCO3)n1CC1CCCO1. The molecule has 8 nitrogen and oxygen atoms in total. The molecule has 4 rings (SSSR count). The summed E-state index contributed by atoms with van der Waals surface area (Å²) in [5.74, 6) is 2.63. The van der Waals surface area contributed by atoms with Gasteiger partial charge in [0.05, 0.1) is 12.6 Å². The minimum absolute atomic E-state index is 0.152. The van der Waals surface area contributed by atoms with Gasteiger partial charge in [-0.1, -0.05) is 27.7 Å². The molecule has 2 aliphatic rings. The number of hydrogen-bond donors (Lipinski definition) is 1. The summed E-state index contributed by atoms with van der Waals surface area (Å²) in [6, 6.07) is 3.94. The maximum Gasteiger partial charge on any atom is 0.217 e. The highest BCUT2D eigenvalue weighted by atomic mass is 79.9. The van der Waals surface area contributed by atoms with Crippen molar-refractivity contribution in [3.05, 3.63) is 28.0 Å². The highest BCUT2D eigenvalue weighted by Crippen LogP contribution is 2.37. The normalized spacial score (nSPS) is 18.2. The van der Waals surface area contributed by atoms with E-state index in [9.17, 15) is 4.79 Å². The number of rotatable bonds is 8. The van der Waals surface area contributed by atoms with Crippen molar-refractivity contribution in [3.63, 3.8) is 0 Å². The van der Waals surface area contributed by atoms with Gasteiger partial charge in [0.2, 0.25) is 5.91 Å². The Hall–Kier alpha value is -1.78. The fourth-order valence-electron chi connectivity index (χ4n) is 3.38. The standard InChI is InChI=1S/C19H23BrN4O4S/c20-14-9-16-15(27-6-7-28-16)8-12(14)11-29-19-23-22-18(4-3-17(21)25)24(19)10-13-2-1-5-26-13/h8-9,13H,1-7,10-11H2,(H2,21,25). The van der Waals surface area contributed by atoms with Crippen LogP contribution in [0, 0.1) is 0 Å². The summed E-state index contributed by atoms with van der Waals surface area (Å²) in [7, 11) is 0. The van der Waals surface area contributed by atoms with Crippen LogP contribution in [0.5, 0.6) is 11.5 Å². The molecule has 2 aliphatic heterocycles. The van der Waals surface area contributed by atoms with E-state index in [1.165, 1.54) is 0 Å². The number of thioether (sulfide) groups is 1. The third-order valence-electron chi connectivity index (χ3n) is 4.87. The Morgan fingerprint density at radius 3 is 2.76 bits per heavy atom. The van der Waals surface area contributed by atoms with Crippen molar-refractivity contribution < 1.29 is 19.0 Å². The average molecular weight is 483 g/mol. The van der Waals surface area contributed by atoms with Crippen LogP contribution in [-0.2, 0) is 28.2 Å². The average Bonchev–Trinajstić information content (AvgIpc) is 3.35. The van der Waals surface area contributed by atoms with Crippen LogP contribution >= 0.6 is 27.7 Å². The van der Waals surface area contributed by atoms with Crippen LogP contribution in [-0.4, -0.2) is 46.6 Å². The van der Waals surface area contributed by atoms with Gasteiger partial charge in [-0.05, 0) is 30.5 Å². The number of primary amides is 1. The fraction of sp³-hybridized carbons (Fsp3) is 0.526. The molecule has 3 heterocycles. The lowest BCUT2D eigenvalue weighted by Gasteiger charge is -2.20. The third-order valence-corrected chi connectivity index (χ3v) is 6.62. The Morgan fingerprint density at radius 2 is 2.03 bits per heavy atom. The van der Waals surface area contributed by atoms with Crippen molar-refractivity contribution in [2.75, 3.05) is 19.8 Å². The molecule has 1 saturated heterocycles. The van der Waals surface area contributed by atoms with Gasteiger partial charge in [0.25, 0.3) is 0 Å². The minimum Gasteiger partial charge on any atom is -0.486 e. The molecule has 1 unspecified atom stereocenters. The summed E-state index contributed by atoms with van der Waals surface area (Å²) < 4.78 is 20.1. The van der Waals surface area contributed by atoms with Gasteiger partial charge in [-0.15, -0.1) is 10.2 Å². The Morgan fingerprint density at radius 1 is 1.24 bits per heavy atom. The minimum atomic E-state index is -0.342. The summed E-state index contributed by atoms with van der Waals surface area (Å²) in [5.41, 5.74) is 6.40. The van der Waals surface area contributed by atoms with E-state index in [1.54, 1.807) is 11.8 Å². The van der Waals surface area contributed by atoms with Crippen LogP contribution in [0.3, 0.4) is 0 Å². The van der Waals surface area contributed by atoms with Gasteiger partial charge in [-0.3, -0.25) is 4.79 Å². The summed E-state index contributed by atoms with van der Waals surface area (Å²) in [4.78, 5) is 11.2. The second-order valence-corrected chi connectivity index (χ2v) is 8.78. The molecule has 0 spiro atoms. The Balaban J connectivity index is 1.50. The number of halogens is 1. The van der Waals surface area contributed by atoms with E-state index < -0.39 is 0 Å². The van der Waals surface area contributed by atoms with Gasteiger partial charge in [-0.25, -0.2) is 0 Å². The summed E-state index contributed by atoms with van der Waals surface area (Å²) in [6.07, 6.45) is 2.96. The number of fused-ring (bicyclic) bond motifs is 1. The van der Waals surface area contributed by atoms with E-state index in [2.05, 4.69) is 30.7 Å². The van der Waals surface area contributed by atoms with Crippen LogP contribution in [0.1, 0.15) is 30.7 Å². The molecule has 1 fully saturated rings. The fourth-order valence-corrected chi connectivity index (χ4v) is 4.99. The Labute approximate surface area is 181 Å². The quantitative estimate of drug-likeness (QED) is 0.576. The molecule has 0 radical (unpaired) electrons. The van der Waals surface area contributed by atoms with Gasteiger partial charge < -0.3 is 24.5 Å². The lowest BCUT2D eigenvalue weighted by Crippen LogP contribution is -2.19. The molecule has 156 valence electrons. The van der Waals surface area contributed by atoms with Gasteiger partial charge >= 0.3 is 0 Å². The van der Waals surface area contributed by atoms with E-state index in [0.717, 1.165) is 52.0 Å². The van der Waals surface area contributed by atoms with Crippen molar-refractivity contribution in [2.24, 2.45) is 5.73 Å². The summed E-state index contributed by atoms with van der Waals surface area (Å²) in [6.45, 7) is 2.59. The second-order valence-electron chi connectivity index (χ2n) is 6.99. The molecule has 10 heteroatoms. The molecule has 0 aliphatic carbocycles. The maximum absolute atomic E-state index is 11.2. The Bertz CT molecular complexity index is 885. The monoisotopic (exact) mass is 482 g/mol. The number of nitrogens with zero attached hydrogens (tertiary/aromatic N) is 3. The van der Waals surface area contributed by atoms with Crippen molar-refractivity contribution in [2.45, 2.75) is 49.2 Å². The van der Waals surface area contributed by atoms with Crippen LogP contribution < -0.4 is 15.2 Å². The van der Waals surface area contributed by atoms with E-state index >= 15 is 0 Å². The maximum atomic E-state index is 11.2. The molecule has 0 saturated carbocycles. The van der Waals surface area contributed by atoms with Crippen molar-refractivity contribution in [1.82, 2.24) is 14.8 Å². The highest BCUT2D eigenvalue weighted by molar-refractivity contribution is 9.10. The van der Waals surface area contributed by atoms with Crippen molar-refractivity contribution in [1.29, 1.82) is 0 Å². The number of aromatic nitrogens is 3. The zero-order chi connectivity index (χ0) is 20.2. The number of amides is 1. The lowest BCUT2D eigenvalue weighted by atomic mass is 10.2. The topological polar surface area (TPSA) is 101 Å². The molecule has 1 aromatic heterocycles. The smallest absolute Gasteiger partial charge is 0.217 e. The molecule has 2 N–H and O–H groups in total. The van der Waals surface area contributed by atoms with E-state index in [1.807, 2.05) is 12.1 Å². The first kappa shape index (κ1) is 20.5. The molecule has 0 bridgehead atoms. The van der Waals surface area contributed by atoms with Crippen LogP contribution in [0.4, 0.5) is 0 Å². The highest BCUT2D eigenvalue weighted by Gasteiger charge is 2.22. The predicted octanol–water partition coefficient (Wildman–Crippen LogP) is 2.70. The number of nitrogens with two attached hydrogens (primary N) is 1. The number of benzene rings is 1. The van der Waals surface area contributed by atoms with Gasteiger partial charge in [-0.2, -0.15) is 0 Å². The van der Waals surface area contributed by atoms with Gasteiger partial charge in [0.1, 0.15) is 19.0 Å². The number of carbonyl (C=O) groups is 1. The number of ether oxygens (including phenoxy) is 3. The van der Waals surface area contributed by atoms with Crippen LogP contribution in [0.15, 0.2) is 21.8 Å². The molecule has 1 atom stereocenters. The molecular weight excluding hydrogens is 460 g/mol. The summed E-state index contributed by atoms with van der Waals surface area (Å²) in [5, 5.41) is 9.48. The van der Waals surface area contributed by atoms with Crippen LogP contribution in [0.2, 0.25) is 0 Å². The van der Waals surface area contributed by atoms with Gasteiger partial charge in [0.15, 0.2) is 16.7 Å². The molecule has 1 aromatic carbocycles. The summed E-state index contributed by atoms with van der Waals surface area (Å²) >= 11 is 5.22. The lowest BCUT2D eigenvalue weighted by molar-refractivity contribution is -0.118. The first-order chi connectivity index (χ1) is 14.1. The van der Waals surface area contributed by atoms with Gasteiger partial charge in [0, 0.05) is 29.7 Å². The largest absolute Gasteiger partial charge is 0.486 e.